The monoisotopic (exact) mass is 625 g/mol. The minimum atomic E-state index is -1.33. The highest BCUT2D eigenvalue weighted by Crippen LogP contribution is 2.38. The van der Waals surface area contributed by atoms with Crippen LogP contribution in [0.3, 0.4) is 0 Å². The number of fused-ring (bicyclic) bond motifs is 1. The third kappa shape index (κ3) is 6.02. The van der Waals surface area contributed by atoms with E-state index in [1.54, 1.807) is 34.9 Å². The van der Waals surface area contributed by atoms with Gasteiger partial charge >= 0.3 is 5.97 Å². The van der Waals surface area contributed by atoms with Crippen molar-refractivity contribution in [2.45, 2.75) is 30.3 Å². The molecule has 3 fully saturated rings. The maximum Gasteiger partial charge on any atom is 0.341 e. The van der Waals surface area contributed by atoms with Crippen molar-refractivity contribution in [3.05, 3.63) is 70.3 Å². The predicted octanol–water partition coefficient (Wildman–Crippen LogP) is 2.33. The second kappa shape index (κ2) is 11.8. The topological polar surface area (TPSA) is 133 Å². The molecule has 11 nitrogen and oxygen atoms in total. The molecule has 2 aromatic carbocycles. The molecule has 2 unspecified atom stereocenters. The summed E-state index contributed by atoms with van der Waals surface area (Å²) in [5, 5.41) is 14.6. The van der Waals surface area contributed by atoms with Gasteiger partial charge in [0.15, 0.2) is 6.61 Å². The smallest absolute Gasteiger partial charge is 0.341 e. The third-order valence-corrected chi connectivity index (χ3v) is 9.33. The first-order valence-electron chi connectivity index (χ1n) is 13.8. The molecular formula is C29H28FN5O6S2. The summed E-state index contributed by atoms with van der Waals surface area (Å²) in [7, 11) is 0. The quantitative estimate of drug-likeness (QED) is 0.253. The summed E-state index contributed by atoms with van der Waals surface area (Å²) >= 11 is 6.91. The van der Waals surface area contributed by atoms with Crippen molar-refractivity contribution < 1.29 is 28.6 Å². The number of para-hydroxylation sites is 1. The Balaban J connectivity index is 1.07. The average molecular weight is 626 g/mol. The molecule has 0 radical (unpaired) electrons. The van der Waals surface area contributed by atoms with Crippen LogP contribution in [0.5, 0.6) is 5.75 Å². The lowest BCUT2D eigenvalue weighted by Crippen LogP contribution is -2.68. The lowest BCUT2D eigenvalue weighted by atomic mass is 10.1. The number of thioether (sulfide) groups is 1. The predicted molar refractivity (Wildman–Crippen MR) is 163 cm³/mol. The van der Waals surface area contributed by atoms with E-state index in [-0.39, 0.29) is 29.5 Å². The van der Waals surface area contributed by atoms with Crippen LogP contribution in [-0.2, 0) is 9.59 Å². The van der Waals surface area contributed by atoms with Crippen LogP contribution in [0.4, 0.5) is 10.1 Å². The van der Waals surface area contributed by atoms with Gasteiger partial charge in [0.2, 0.25) is 11.3 Å². The van der Waals surface area contributed by atoms with E-state index in [0.717, 1.165) is 18.9 Å². The first-order chi connectivity index (χ1) is 20.7. The minimum absolute atomic E-state index is 0.0556. The largest absolute Gasteiger partial charge is 0.484 e. The lowest BCUT2D eigenvalue weighted by molar-refractivity contribution is -0.134. The Morgan fingerprint density at radius 2 is 1.84 bits per heavy atom. The molecule has 6 rings (SSSR count). The molecule has 0 spiro atoms. The fourth-order valence-corrected chi connectivity index (χ4v) is 6.74. The number of nitrogens with zero attached hydrogens (tertiary/aromatic N) is 3. The van der Waals surface area contributed by atoms with Crippen molar-refractivity contribution >= 4 is 62.7 Å². The van der Waals surface area contributed by atoms with Gasteiger partial charge in [-0.3, -0.25) is 14.4 Å². The zero-order valence-corrected chi connectivity index (χ0v) is 24.5. The normalized spacial score (nSPS) is 19.9. The van der Waals surface area contributed by atoms with E-state index in [4.69, 9.17) is 17.0 Å². The van der Waals surface area contributed by atoms with Crippen LogP contribution < -0.4 is 25.7 Å². The van der Waals surface area contributed by atoms with Crippen LogP contribution in [-0.4, -0.2) is 80.9 Å². The average Bonchev–Trinajstić information content (AvgIpc) is 3.85. The molecule has 224 valence electrons. The highest BCUT2D eigenvalue weighted by molar-refractivity contribution is 8.23. The number of amides is 2. The summed E-state index contributed by atoms with van der Waals surface area (Å²) in [6.45, 7) is 1.69. The zero-order chi connectivity index (χ0) is 30.2. The van der Waals surface area contributed by atoms with E-state index in [2.05, 4.69) is 10.6 Å². The van der Waals surface area contributed by atoms with Crippen LogP contribution in [0, 0.1) is 5.82 Å². The molecule has 43 heavy (non-hydrogen) atoms. The van der Waals surface area contributed by atoms with Crippen molar-refractivity contribution in [2.75, 3.05) is 37.7 Å². The molecule has 1 aliphatic carbocycles. The second-order valence-corrected chi connectivity index (χ2v) is 12.3. The molecule has 2 amide bonds. The number of carbonyl (C=O) groups is 3. The Labute approximate surface area is 255 Å². The molecule has 1 aromatic heterocycles. The van der Waals surface area contributed by atoms with Gasteiger partial charge < -0.3 is 34.8 Å². The number of benzene rings is 2. The number of thiocarbonyl (C=S) groups is 1. The van der Waals surface area contributed by atoms with E-state index in [9.17, 15) is 24.3 Å². The number of pyridine rings is 1. The first-order valence-corrected chi connectivity index (χ1v) is 15.1. The maximum atomic E-state index is 15.3. The number of carboxylic acids is 1. The first kappa shape index (κ1) is 28.9. The molecule has 14 heteroatoms. The number of carbonyl (C=O) groups excluding carboxylic acids is 2. The van der Waals surface area contributed by atoms with Gasteiger partial charge in [-0.25, -0.2) is 9.18 Å². The van der Waals surface area contributed by atoms with Gasteiger partial charge in [0.25, 0.3) is 5.91 Å². The summed E-state index contributed by atoms with van der Waals surface area (Å²) in [6, 6.07) is 11.0. The molecule has 1 saturated carbocycles. The highest BCUT2D eigenvalue weighted by Gasteiger charge is 2.42. The van der Waals surface area contributed by atoms with Crippen molar-refractivity contribution in [3.63, 3.8) is 0 Å². The molecule has 3 heterocycles. The van der Waals surface area contributed by atoms with Gasteiger partial charge in [-0.15, -0.1) is 0 Å². The molecular weight excluding hydrogens is 597 g/mol. The number of anilines is 1. The number of aromatic nitrogens is 1. The molecule has 3 aromatic rings. The number of carboxylic acid groups (broad SMARTS) is 1. The number of aromatic carboxylic acids is 1. The van der Waals surface area contributed by atoms with Gasteiger partial charge in [0.05, 0.1) is 11.2 Å². The third-order valence-electron chi connectivity index (χ3n) is 7.68. The SMILES string of the molecule is O=C(COc1ccccc1)NC1C(=O)NC1SC(=S)N1CCN(c2cc3c(cc2F)c(=O)c(C(=O)O)cn3C2CC2)CC1. The fourth-order valence-electron chi connectivity index (χ4n) is 5.20. The van der Waals surface area contributed by atoms with Crippen molar-refractivity contribution in [3.8, 4) is 5.75 Å². The molecule has 3 aliphatic rings. The van der Waals surface area contributed by atoms with E-state index < -0.39 is 34.5 Å². The van der Waals surface area contributed by atoms with Crippen LogP contribution in [0.2, 0.25) is 0 Å². The van der Waals surface area contributed by atoms with Crippen LogP contribution in [0.15, 0.2) is 53.5 Å². The van der Waals surface area contributed by atoms with E-state index in [1.165, 1.54) is 18.0 Å². The minimum Gasteiger partial charge on any atom is -0.484 e. The van der Waals surface area contributed by atoms with Gasteiger partial charge in [-0.1, -0.05) is 42.2 Å². The van der Waals surface area contributed by atoms with Gasteiger partial charge in [-0.05, 0) is 37.1 Å². The Hall–Kier alpha value is -4.17. The van der Waals surface area contributed by atoms with Gasteiger partial charge in [0.1, 0.15) is 32.9 Å². The Kier molecular flexibility index (Phi) is 7.97. The fraction of sp³-hybridized carbons (Fsp3) is 0.345. The van der Waals surface area contributed by atoms with Crippen LogP contribution in [0.25, 0.3) is 10.9 Å². The Bertz CT molecular complexity index is 1670. The van der Waals surface area contributed by atoms with Crippen LogP contribution >= 0.6 is 24.0 Å². The second-order valence-electron chi connectivity index (χ2n) is 10.6. The number of hydrogen-bond acceptors (Lipinski definition) is 8. The summed E-state index contributed by atoms with van der Waals surface area (Å²) < 4.78 is 23.1. The number of piperazine rings is 1. The molecule has 2 aliphatic heterocycles. The number of ether oxygens (including phenoxy) is 1. The number of halogens is 1. The highest BCUT2D eigenvalue weighted by atomic mass is 32.2. The van der Waals surface area contributed by atoms with E-state index in [1.807, 2.05) is 15.9 Å². The molecule has 3 N–H and O–H groups in total. The van der Waals surface area contributed by atoms with E-state index >= 15 is 4.39 Å². The van der Waals surface area contributed by atoms with E-state index in [0.29, 0.717) is 47.5 Å². The Morgan fingerprint density at radius 1 is 1.12 bits per heavy atom. The van der Waals surface area contributed by atoms with Crippen molar-refractivity contribution in [1.82, 2.24) is 20.1 Å². The summed E-state index contributed by atoms with van der Waals surface area (Å²) in [6.07, 6.45) is 3.10. The zero-order valence-electron chi connectivity index (χ0n) is 22.8. The van der Waals surface area contributed by atoms with Crippen molar-refractivity contribution in [1.29, 1.82) is 0 Å². The van der Waals surface area contributed by atoms with Gasteiger partial charge in [-0.2, -0.15) is 0 Å². The van der Waals surface area contributed by atoms with Crippen molar-refractivity contribution in [2.24, 2.45) is 0 Å². The summed E-state index contributed by atoms with van der Waals surface area (Å²) in [4.78, 5) is 52.7. The Morgan fingerprint density at radius 3 is 2.49 bits per heavy atom. The molecule has 2 saturated heterocycles. The number of rotatable bonds is 8. The van der Waals surface area contributed by atoms with Gasteiger partial charge in [0, 0.05) is 43.8 Å². The number of β-lactam (4-membered cyclic amide) rings is 1. The molecule has 0 bridgehead atoms. The summed E-state index contributed by atoms with van der Waals surface area (Å²) in [5.41, 5.74) is -0.200. The maximum absolute atomic E-state index is 15.3. The number of nitrogens with one attached hydrogen (secondary N) is 2. The lowest BCUT2D eigenvalue weighted by Gasteiger charge is -2.40. The number of hydrogen-bond donors (Lipinski definition) is 3. The molecule has 2 atom stereocenters. The summed E-state index contributed by atoms with van der Waals surface area (Å²) in [5.74, 6) is -2.09. The standard InChI is InChI=1S/C29H28FN5O6S2/c30-20-12-18-21(35(16-6-7-16)14-19(25(18)37)28(39)40)13-22(20)33-8-10-34(11-9-33)29(42)43-27-24(26(38)32-27)31-23(36)15-41-17-4-2-1-3-5-17/h1-5,12-14,16,24,27H,6-11,15H2,(H,31,36)(H,32,38)(H,39,40). The van der Waals surface area contributed by atoms with Crippen LogP contribution in [0.1, 0.15) is 29.2 Å².